The minimum absolute atomic E-state index is 0.147. The Kier molecular flexibility index (Phi) is 4.35. The van der Waals surface area contributed by atoms with Crippen LogP contribution in [0.5, 0.6) is 0 Å². The van der Waals surface area contributed by atoms with Crippen molar-refractivity contribution >= 4 is 5.95 Å². The lowest BCUT2D eigenvalue weighted by Crippen LogP contribution is -2.10. The lowest BCUT2D eigenvalue weighted by atomic mass is 10.1. The van der Waals surface area contributed by atoms with Crippen LogP contribution in [-0.4, -0.2) is 23.1 Å². The maximum atomic E-state index is 13.6. The van der Waals surface area contributed by atoms with Crippen molar-refractivity contribution in [2.75, 3.05) is 18.4 Å². The number of nitrogens with zero attached hydrogens (tertiary/aromatic N) is 2. The van der Waals surface area contributed by atoms with Crippen molar-refractivity contribution in [2.24, 2.45) is 5.73 Å². The molecule has 0 aliphatic heterocycles. The van der Waals surface area contributed by atoms with Crippen LogP contribution in [0.1, 0.15) is 6.42 Å². The Morgan fingerprint density at radius 3 is 2.58 bits per heavy atom. The van der Waals surface area contributed by atoms with Crippen molar-refractivity contribution in [3.63, 3.8) is 0 Å². The van der Waals surface area contributed by atoms with Gasteiger partial charge in [-0.05, 0) is 31.2 Å². The molecule has 6 heteroatoms. The molecule has 0 bridgehead atoms. The van der Waals surface area contributed by atoms with E-state index in [-0.39, 0.29) is 5.56 Å². The number of hydrogen-bond donors (Lipinski definition) is 2. The average molecular weight is 264 g/mol. The summed E-state index contributed by atoms with van der Waals surface area (Å²) in [6.45, 7) is 1.25. The fraction of sp³-hybridized carbons (Fsp3) is 0.231. The van der Waals surface area contributed by atoms with Gasteiger partial charge in [0.2, 0.25) is 5.95 Å². The van der Waals surface area contributed by atoms with Gasteiger partial charge in [-0.3, -0.25) is 0 Å². The highest BCUT2D eigenvalue weighted by molar-refractivity contribution is 5.62. The van der Waals surface area contributed by atoms with E-state index in [0.29, 0.717) is 24.6 Å². The molecule has 0 saturated heterocycles. The molecule has 1 aromatic carbocycles. The van der Waals surface area contributed by atoms with Crippen molar-refractivity contribution in [1.82, 2.24) is 9.97 Å². The normalized spacial score (nSPS) is 10.5. The summed E-state index contributed by atoms with van der Waals surface area (Å²) in [7, 11) is 0. The van der Waals surface area contributed by atoms with Gasteiger partial charge in [0.25, 0.3) is 0 Å². The Bertz CT molecular complexity index is 543. The molecular weight excluding hydrogens is 250 g/mol. The van der Waals surface area contributed by atoms with Crippen LogP contribution in [0.25, 0.3) is 11.1 Å². The van der Waals surface area contributed by atoms with E-state index in [1.807, 2.05) is 0 Å². The van der Waals surface area contributed by atoms with Gasteiger partial charge in [-0.2, -0.15) is 0 Å². The summed E-state index contributed by atoms with van der Waals surface area (Å²) >= 11 is 0. The van der Waals surface area contributed by atoms with Gasteiger partial charge >= 0.3 is 0 Å². The molecule has 19 heavy (non-hydrogen) atoms. The standard InChI is InChI=1S/C13H14F2N4/c14-10-2-3-12(15)11(6-10)9-7-18-13(19-8-9)17-5-1-4-16/h2-3,6-8H,1,4-5,16H2,(H,17,18,19). The first-order chi connectivity index (χ1) is 9.20. The second-order valence-corrected chi connectivity index (χ2v) is 3.99. The molecular formula is C13H14F2N4. The Morgan fingerprint density at radius 2 is 1.89 bits per heavy atom. The third-order valence-corrected chi connectivity index (χ3v) is 2.56. The summed E-state index contributed by atoms with van der Waals surface area (Å²) in [6.07, 6.45) is 3.72. The van der Waals surface area contributed by atoms with Crippen LogP contribution in [0.15, 0.2) is 30.6 Å². The van der Waals surface area contributed by atoms with E-state index in [1.165, 1.54) is 12.4 Å². The third kappa shape index (κ3) is 3.45. The van der Waals surface area contributed by atoms with Gasteiger partial charge in [0.1, 0.15) is 11.6 Å². The van der Waals surface area contributed by atoms with Gasteiger partial charge in [0.05, 0.1) is 0 Å². The molecule has 1 aromatic heterocycles. The first-order valence-electron chi connectivity index (χ1n) is 5.92. The number of rotatable bonds is 5. The van der Waals surface area contributed by atoms with Gasteiger partial charge in [-0.15, -0.1) is 0 Å². The van der Waals surface area contributed by atoms with Crippen LogP contribution in [0.3, 0.4) is 0 Å². The molecule has 2 aromatic rings. The van der Waals surface area contributed by atoms with E-state index >= 15 is 0 Å². The lowest BCUT2D eigenvalue weighted by molar-refractivity contribution is 0.603. The lowest BCUT2D eigenvalue weighted by Gasteiger charge is -2.06. The van der Waals surface area contributed by atoms with Crippen LogP contribution in [0.2, 0.25) is 0 Å². The predicted molar refractivity (Wildman–Crippen MR) is 69.5 cm³/mol. The van der Waals surface area contributed by atoms with E-state index in [4.69, 9.17) is 5.73 Å². The zero-order chi connectivity index (χ0) is 13.7. The molecule has 0 radical (unpaired) electrons. The molecule has 100 valence electrons. The van der Waals surface area contributed by atoms with Crippen LogP contribution < -0.4 is 11.1 Å². The largest absolute Gasteiger partial charge is 0.354 e. The van der Waals surface area contributed by atoms with Gasteiger partial charge in [-0.1, -0.05) is 0 Å². The molecule has 0 aliphatic carbocycles. The van der Waals surface area contributed by atoms with Crippen LogP contribution in [-0.2, 0) is 0 Å². The Hall–Kier alpha value is -2.08. The maximum Gasteiger partial charge on any atom is 0.222 e. The van der Waals surface area contributed by atoms with E-state index in [2.05, 4.69) is 15.3 Å². The SMILES string of the molecule is NCCCNc1ncc(-c2cc(F)ccc2F)cn1. The molecule has 0 aliphatic rings. The van der Waals surface area contributed by atoms with E-state index in [1.54, 1.807) is 0 Å². The fourth-order valence-corrected chi connectivity index (χ4v) is 1.58. The Labute approximate surface area is 109 Å². The number of nitrogens with one attached hydrogen (secondary N) is 1. The highest BCUT2D eigenvalue weighted by Gasteiger charge is 2.07. The summed E-state index contributed by atoms with van der Waals surface area (Å²) in [6, 6.07) is 3.27. The predicted octanol–water partition coefficient (Wildman–Crippen LogP) is 2.18. The fourth-order valence-electron chi connectivity index (χ4n) is 1.58. The molecule has 0 unspecified atom stereocenters. The third-order valence-electron chi connectivity index (χ3n) is 2.56. The molecule has 1 heterocycles. The topological polar surface area (TPSA) is 63.8 Å². The molecule has 2 rings (SSSR count). The minimum Gasteiger partial charge on any atom is -0.354 e. The van der Waals surface area contributed by atoms with E-state index in [0.717, 1.165) is 24.6 Å². The number of hydrogen-bond acceptors (Lipinski definition) is 4. The summed E-state index contributed by atoms with van der Waals surface area (Å²) < 4.78 is 26.6. The zero-order valence-electron chi connectivity index (χ0n) is 10.2. The quantitative estimate of drug-likeness (QED) is 0.812. The maximum absolute atomic E-state index is 13.6. The number of benzene rings is 1. The molecule has 4 nitrogen and oxygen atoms in total. The van der Waals surface area contributed by atoms with Crippen LogP contribution in [0.4, 0.5) is 14.7 Å². The van der Waals surface area contributed by atoms with Gasteiger partial charge in [-0.25, -0.2) is 18.7 Å². The van der Waals surface area contributed by atoms with Gasteiger partial charge < -0.3 is 11.1 Å². The van der Waals surface area contributed by atoms with E-state index < -0.39 is 11.6 Å². The minimum atomic E-state index is -0.506. The van der Waals surface area contributed by atoms with Crippen molar-refractivity contribution in [1.29, 1.82) is 0 Å². The number of halogens is 2. The smallest absolute Gasteiger partial charge is 0.222 e. The van der Waals surface area contributed by atoms with Gasteiger partial charge in [0.15, 0.2) is 0 Å². The molecule has 0 saturated carbocycles. The second kappa shape index (κ2) is 6.19. The van der Waals surface area contributed by atoms with Crippen molar-refractivity contribution < 1.29 is 8.78 Å². The summed E-state index contributed by atoms with van der Waals surface area (Å²) in [5, 5.41) is 2.98. The summed E-state index contributed by atoms with van der Waals surface area (Å²) in [4.78, 5) is 8.09. The van der Waals surface area contributed by atoms with Gasteiger partial charge in [0, 0.05) is 30.1 Å². The highest BCUT2D eigenvalue weighted by Crippen LogP contribution is 2.22. The van der Waals surface area contributed by atoms with Crippen LogP contribution in [0, 0.1) is 11.6 Å². The van der Waals surface area contributed by atoms with Crippen LogP contribution >= 0.6 is 0 Å². The molecule has 0 atom stereocenters. The number of anilines is 1. The van der Waals surface area contributed by atoms with E-state index in [9.17, 15) is 8.78 Å². The first kappa shape index (κ1) is 13.4. The van der Waals surface area contributed by atoms with Crippen molar-refractivity contribution in [3.05, 3.63) is 42.2 Å². The van der Waals surface area contributed by atoms with Crippen molar-refractivity contribution in [2.45, 2.75) is 6.42 Å². The monoisotopic (exact) mass is 264 g/mol. The zero-order valence-corrected chi connectivity index (χ0v) is 10.2. The molecule has 3 N–H and O–H groups in total. The summed E-state index contributed by atoms with van der Waals surface area (Å²) in [5.41, 5.74) is 5.94. The highest BCUT2D eigenvalue weighted by atomic mass is 19.1. The van der Waals surface area contributed by atoms with Crippen molar-refractivity contribution in [3.8, 4) is 11.1 Å². The Balaban J connectivity index is 2.15. The molecule has 0 spiro atoms. The molecule has 0 fully saturated rings. The number of nitrogens with two attached hydrogens (primary N) is 1. The first-order valence-corrected chi connectivity index (χ1v) is 5.92. The second-order valence-electron chi connectivity index (χ2n) is 3.99. The number of aromatic nitrogens is 2. The summed E-state index contributed by atoms with van der Waals surface area (Å²) in [5.74, 6) is -0.565. The average Bonchev–Trinajstić information content (AvgIpc) is 2.43. The Morgan fingerprint density at radius 1 is 1.16 bits per heavy atom. The molecule has 0 amide bonds.